The third kappa shape index (κ3) is 5.27. The highest BCUT2D eigenvalue weighted by Crippen LogP contribution is 2.36. The SMILES string of the molecule is Cc1cc(CNC(CO)C(=O)O)cnc1C=Cc1cccc(-c2ccc3c(c2)OCCO3)c1C. The van der Waals surface area contributed by atoms with Gasteiger partial charge in [-0.15, -0.1) is 0 Å². The summed E-state index contributed by atoms with van der Waals surface area (Å²) in [5, 5.41) is 21.0. The molecule has 1 atom stereocenters. The molecule has 2 aromatic carbocycles. The van der Waals surface area contributed by atoms with Gasteiger partial charge in [-0.3, -0.25) is 15.1 Å². The number of carboxylic acid groups (broad SMARTS) is 1. The topological polar surface area (TPSA) is 101 Å². The second-order valence-corrected chi connectivity index (χ2v) is 8.21. The van der Waals surface area contributed by atoms with Gasteiger partial charge in [0.15, 0.2) is 11.5 Å². The predicted molar refractivity (Wildman–Crippen MR) is 131 cm³/mol. The summed E-state index contributed by atoms with van der Waals surface area (Å²) < 4.78 is 11.4. The minimum atomic E-state index is -1.08. The second-order valence-electron chi connectivity index (χ2n) is 8.21. The molecule has 7 nitrogen and oxygen atoms in total. The van der Waals surface area contributed by atoms with E-state index in [-0.39, 0.29) is 0 Å². The zero-order valence-corrected chi connectivity index (χ0v) is 19.2. The van der Waals surface area contributed by atoms with E-state index in [4.69, 9.17) is 19.7 Å². The standard InChI is InChI=1S/C27H28N2O5/c1-17-12-19(15-29-24(16-30)27(31)32)14-28-23(17)8-6-20-4-3-5-22(18(20)2)21-7-9-25-26(13-21)34-11-10-33-25/h3-9,12-14,24,29-30H,10-11,15-16H2,1-2H3,(H,31,32). The van der Waals surface area contributed by atoms with Gasteiger partial charge in [-0.1, -0.05) is 36.4 Å². The maximum atomic E-state index is 11.0. The molecule has 1 aromatic heterocycles. The van der Waals surface area contributed by atoms with E-state index in [9.17, 15) is 4.79 Å². The molecule has 34 heavy (non-hydrogen) atoms. The van der Waals surface area contributed by atoms with E-state index in [1.54, 1.807) is 6.20 Å². The van der Waals surface area contributed by atoms with E-state index in [2.05, 4.69) is 35.4 Å². The first kappa shape index (κ1) is 23.5. The number of hydrogen-bond acceptors (Lipinski definition) is 6. The molecule has 3 aromatic rings. The number of aliphatic hydroxyl groups is 1. The van der Waals surface area contributed by atoms with Crippen molar-refractivity contribution in [2.24, 2.45) is 0 Å². The minimum absolute atomic E-state index is 0.312. The van der Waals surface area contributed by atoms with Crippen molar-refractivity contribution < 1.29 is 24.5 Å². The maximum absolute atomic E-state index is 11.0. The van der Waals surface area contributed by atoms with Crippen molar-refractivity contribution in [2.75, 3.05) is 19.8 Å². The van der Waals surface area contributed by atoms with Gasteiger partial charge < -0.3 is 19.7 Å². The molecule has 1 unspecified atom stereocenters. The van der Waals surface area contributed by atoms with Gasteiger partial charge in [0.1, 0.15) is 19.3 Å². The fourth-order valence-electron chi connectivity index (χ4n) is 3.91. The third-order valence-electron chi connectivity index (χ3n) is 5.86. The third-order valence-corrected chi connectivity index (χ3v) is 5.86. The zero-order chi connectivity index (χ0) is 24.1. The first-order chi connectivity index (χ1) is 16.5. The van der Waals surface area contributed by atoms with E-state index in [1.165, 1.54) is 0 Å². The Morgan fingerprint density at radius 3 is 2.65 bits per heavy atom. The smallest absolute Gasteiger partial charge is 0.323 e. The number of aliphatic hydroxyl groups excluding tert-OH is 1. The number of rotatable bonds is 8. The number of aromatic nitrogens is 1. The van der Waals surface area contributed by atoms with E-state index < -0.39 is 18.6 Å². The molecule has 0 saturated carbocycles. The van der Waals surface area contributed by atoms with Crippen LogP contribution in [0.1, 0.15) is 27.9 Å². The van der Waals surface area contributed by atoms with Crippen LogP contribution in [0.2, 0.25) is 0 Å². The molecular formula is C27H28N2O5. The Bertz CT molecular complexity index is 1220. The summed E-state index contributed by atoms with van der Waals surface area (Å²) in [4.78, 5) is 15.6. The van der Waals surface area contributed by atoms with Crippen molar-refractivity contribution in [3.63, 3.8) is 0 Å². The molecule has 0 spiro atoms. The summed E-state index contributed by atoms with van der Waals surface area (Å²) in [6, 6.07) is 13.2. The number of carboxylic acids is 1. The minimum Gasteiger partial charge on any atom is -0.486 e. The lowest BCUT2D eigenvalue weighted by molar-refractivity contribution is -0.140. The summed E-state index contributed by atoms with van der Waals surface area (Å²) in [5.41, 5.74) is 7.11. The van der Waals surface area contributed by atoms with Gasteiger partial charge in [-0.25, -0.2) is 0 Å². The summed E-state index contributed by atoms with van der Waals surface area (Å²) in [5.74, 6) is 0.464. The van der Waals surface area contributed by atoms with Crippen molar-refractivity contribution in [3.8, 4) is 22.6 Å². The Morgan fingerprint density at radius 1 is 1.12 bits per heavy atom. The lowest BCUT2D eigenvalue weighted by atomic mass is 9.95. The molecule has 0 amide bonds. The number of nitrogens with zero attached hydrogens (tertiary/aromatic N) is 1. The number of hydrogen-bond donors (Lipinski definition) is 3. The Hall–Kier alpha value is -3.68. The molecule has 2 heterocycles. The average molecular weight is 461 g/mol. The molecule has 0 fully saturated rings. The first-order valence-electron chi connectivity index (χ1n) is 11.2. The largest absolute Gasteiger partial charge is 0.486 e. The fraction of sp³-hybridized carbons (Fsp3) is 0.259. The predicted octanol–water partition coefficient (Wildman–Crippen LogP) is 3.84. The number of pyridine rings is 1. The number of ether oxygens (including phenoxy) is 2. The lowest BCUT2D eigenvalue weighted by Gasteiger charge is -2.19. The molecule has 3 N–H and O–H groups in total. The van der Waals surface area contributed by atoms with Crippen LogP contribution in [0.25, 0.3) is 23.3 Å². The van der Waals surface area contributed by atoms with Gasteiger partial charge in [-0.2, -0.15) is 0 Å². The van der Waals surface area contributed by atoms with E-state index in [0.717, 1.165) is 50.6 Å². The Balaban J connectivity index is 1.51. The molecule has 1 aliphatic rings. The quantitative estimate of drug-likeness (QED) is 0.470. The molecule has 0 bridgehead atoms. The van der Waals surface area contributed by atoms with E-state index in [0.29, 0.717) is 19.8 Å². The van der Waals surface area contributed by atoms with Crippen LogP contribution in [0.3, 0.4) is 0 Å². The van der Waals surface area contributed by atoms with Crippen LogP contribution in [-0.2, 0) is 11.3 Å². The maximum Gasteiger partial charge on any atom is 0.323 e. The van der Waals surface area contributed by atoms with Crippen LogP contribution in [0, 0.1) is 13.8 Å². The first-order valence-corrected chi connectivity index (χ1v) is 11.2. The lowest BCUT2D eigenvalue weighted by Crippen LogP contribution is -2.39. The summed E-state index contributed by atoms with van der Waals surface area (Å²) >= 11 is 0. The van der Waals surface area contributed by atoms with E-state index >= 15 is 0 Å². The molecular weight excluding hydrogens is 432 g/mol. The zero-order valence-electron chi connectivity index (χ0n) is 19.2. The molecule has 7 heteroatoms. The van der Waals surface area contributed by atoms with Gasteiger partial charge in [0, 0.05) is 12.7 Å². The Morgan fingerprint density at radius 2 is 1.91 bits per heavy atom. The average Bonchev–Trinajstić information content (AvgIpc) is 2.84. The van der Waals surface area contributed by atoms with Crippen molar-refractivity contribution in [1.82, 2.24) is 10.3 Å². The Labute approximate surface area is 198 Å². The van der Waals surface area contributed by atoms with Gasteiger partial charge in [0.2, 0.25) is 0 Å². The summed E-state index contributed by atoms with van der Waals surface area (Å²) in [6.07, 6.45) is 5.75. The van der Waals surface area contributed by atoms with Crippen LogP contribution >= 0.6 is 0 Å². The van der Waals surface area contributed by atoms with Crippen LogP contribution in [0.15, 0.2) is 48.7 Å². The van der Waals surface area contributed by atoms with Crippen molar-refractivity contribution in [3.05, 3.63) is 76.6 Å². The van der Waals surface area contributed by atoms with Crippen LogP contribution in [-0.4, -0.2) is 47.0 Å². The highest BCUT2D eigenvalue weighted by molar-refractivity contribution is 5.78. The summed E-state index contributed by atoms with van der Waals surface area (Å²) in [7, 11) is 0. The number of benzene rings is 2. The van der Waals surface area contributed by atoms with Crippen molar-refractivity contribution >= 4 is 18.1 Å². The van der Waals surface area contributed by atoms with Crippen molar-refractivity contribution in [1.29, 1.82) is 0 Å². The molecule has 0 saturated heterocycles. The van der Waals surface area contributed by atoms with Crippen LogP contribution in [0.4, 0.5) is 0 Å². The van der Waals surface area contributed by atoms with E-state index in [1.807, 2.05) is 43.3 Å². The molecule has 1 aliphatic heterocycles. The molecule has 4 rings (SSSR count). The van der Waals surface area contributed by atoms with Gasteiger partial charge in [-0.05, 0) is 65.4 Å². The normalized spacial score (nSPS) is 13.7. The highest BCUT2D eigenvalue weighted by Gasteiger charge is 2.15. The Kier molecular flexibility index (Phi) is 7.25. The number of fused-ring (bicyclic) bond motifs is 1. The fourth-order valence-corrected chi connectivity index (χ4v) is 3.91. The molecule has 176 valence electrons. The number of carbonyl (C=O) groups is 1. The number of nitrogens with one attached hydrogen (secondary N) is 1. The second kappa shape index (κ2) is 10.5. The van der Waals surface area contributed by atoms with Crippen LogP contribution < -0.4 is 14.8 Å². The number of aliphatic carboxylic acids is 1. The van der Waals surface area contributed by atoms with Crippen LogP contribution in [0.5, 0.6) is 11.5 Å². The summed E-state index contributed by atoms with van der Waals surface area (Å²) in [6.45, 7) is 5.04. The van der Waals surface area contributed by atoms with Crippen molar-refractivity contribution in [2.45, 2.75) is 26.4 Å². The highest BCUT2D eigenvalue weighted by atomic mass is 16.6. The monoisotopic (exact) mass is 460 g/mol. The van der Waals surface area contributed by atoms with Gasteiger partial charge >= 0.3 is 5.97 Å². The van der Waals surface area contributed by atoms with Gasteiger partial charge in [0.25, 0.3) is 0 Å². The van der Waals surface area contributed by atoms with Gasteiger partial charge in [0.05, 0.1) is 12.3 Å². The number of aryl methyl sites for hydroxylation is 1. The molecule has 0 aliphatic carbocycles. The molecule has 0 radical (unpaired) electrons.